The normalized spacial score (nSPS) is 25.6. The molecule has 0 saturated carbocycles. The Kier molecular flexibility index (Phi) is 4.66. The molecule has 4 rings (SSSR count). The van der Waals surface area contributed by atoms with Crippen LogP contribution >= 0.6 is 0 Å². The molecule has 0 spiro atoms. The van der Waals surface area contributed by atoms with E-state index in [2.05, 4.69) is 22.8 Å². The fourth-order valence-electron chi connectivity index (χ4n) is 4.23. The van der Waals surface area contributed by atoms with Gasteiger partial charge in [0.05, 0.1) is 5.92 Å². The van der Waals surface area contributed by atoms with Gasteiger partial charge in [0.2, 0.25) is 17.7 Å². The number of nitrogens with one attached hydrogen (secondary N) is 2. The van der Waals surface area contributed by atoms with Crippen LogP contribution in [0.25, 0.3) is 0 Å². The Balaban J connectivity index is 1.42. The van der Waals surface area contributed by atoms with E-state index in [4.69, 9.17) is 0 Å². The van der Waals surface area contributed by atoms with E-state index in [-0.39, 0.29) is 24.1 Å². The van der Waals surface area contributed by atoms with Crippen LogP contribution in [0.1, 0.15) is 43.2 Å². The predicted octanol–water partition coefficient (Wildman–Crippen LogP) is 1.31. The summed E-state index contributed by atoms with van der Waals surface area (Å²) in [7, 11) is 0. The number of aryl methyl sites for hydroxylation is 2. The molecule has 2 heterocycles. The highest BCUT2D eigenvalue weighted by Gasteiger charge is 2.37. The summed E-state index contributed by atoms with van der Waals surface area (Å²) in [5, 5.41) is 5.68. The molecule has 6 heteroatoms. The zero-order chi connectivity index (χ0) is 18.1. The number of carbonyl (C=O) groups is 3. The smallest absolute Gasteiger partial charge is 0.242 e. The third-order valence-electron chi connectivity index (χ3n) is 5.74. The van der Waals surface area contributed by atoms with Gasteiger partial charge in [0, 0.05) is 25.2 Å². The Morgan fingerprint density at radius 2 is 1.96 bits per heavy atom. The van der Waals surface area contributed by atoms with E-state index < -0.39 is 12.0 Å². The van der Waals surface area contributed by atoms with Gasteiger partial charge in [-0.05, 0) is 61.8 Å². The van der Waals surface area contributed by atoms with Crippen LogP contribution in [0.3, 0.4) is 0 Å². The zero-order valence-electron chi connectivity index (χ0n) is 14.9. The number of nitrogens with zero attached hydrogens (tertiary/aromatic N) is 1. The third kappa shape index (κ3) is 3.32. The quantitative estimate of drug-likeness (QED) is 0.858. The van der Waals surface area contributed by atoms with E-state index in [9.17, 15) is 14.4 Å². The summed E-state index contributed by atoms with van der Waals surface area (Å²) >= 11 is 0. The lowest BCUT2D eigenvalue weighted by Crippen LogP contribution is -2.47. The van der Waals surface area contributed by atoms with Gasteiger partial charge in [-0.3, -0.25) is 14.4 Å². The van der Waals surface area contributed by atoms with E-state index in [1.165, 1.54) is 17.5 Å². The molecule has 0 radical (unpaired) electrons. The number of carbonyl (C=O) groups excluding carboxylic acids is 3. The van der Waals surface area contributed by atoms with Crippen molar-refractivity contribution in [1.82, 2.24) is 10.6 Å². The second-order valence-corrected chi connectivity index (χ2v) is 7.56. The monoisotopic (exact) mass is 355 g/mol. The summed E-state index contributed by atoms with van der Waals surface area (Å²) in [6, 6.07) is 5.71. The molecular formula is C20H25N3O3. The molecule has 2 fully saturated rings. The van der Waals surface area contributed by atoms with Crippen LogP contribution in [-0.4, -0.2) is 36.9 Å². The van der Waals surface area contributed by atoms with Gasteiger partial charge in [-0.15, -0.1) is 0 Å². The number of hydrogen-bond acceptors (Lipinski definition) is 3. The van der Waals surface area contributed by atoms with Crippen molar-refractivity contribution in [3.8, 4) is 0 Å². The lowest BCUT2D eigenvalue weighted by molar-refractivity contribution is -0.131. The Hall–Kier alpha value is -2.37. The van der Waals surface area contributed by atoms with Crippen molar-refractivity contribution in [2.75, 3.05) is 18.0 Å². The molecule has 26 heavy (non-hydrogen) atoms. The van der Waals surface area contributed by atoms with Gasteiger partial charge < -0.3 is 15.5 Å². The van der Waals surface area contributed by atoms with Crippen molar-refractivity contribution >= 4 is 23.4 Å². The minimum atomic E-state index is -0.478. The molecule has 1 aromatic carbocycles. The van der Waals surface area contributed by atoms with Gasteiger partial charge >= 0.3 is 0 Å². The molecule has 0 aromatic heterocycles. The molecule has 2 atom stereocenters. The summed E-state index contributed by atoms with van der Waals surface area (Å²) in [6.07, 6.45) is 6.05. The Labute approximate surface area is 153 Å². The number of fused-ring (bicyclic) bond motifs is 1. The molecule has 1 aromatic rings. The van der Waals surface area contributed by atoms with Crippen molar-refractivity contribution in [3.63, 3.8) is 0 Å². The van der Waals surface area contributed by atoms with Gasteiger partial charge in [0.15, 0.2) is 0 Å². The first kappa shape index (κ1) is 17.1. The summed E-state index contributed by atoms with van der Waals surface area (Å²) in [5.74, 6) is -0.722. The summed E-state index contributed by atoms with van der Waals surface area (Å²) in [5.41, 5.74) is 3.57. The highest BCUT2D eigenvalue weighted by atomic mass is 16.2. The molecular weight excluding hydrogens is 330 g/mol. The SMILES string of the molecule is O=C(NC1CCCCNC1=O)C1CC(=O)N(c2ccc3c(c2)CCC3)C1. The first-order valence-corrected chi connectivity index (χ1v) is 9.62. The van der Waals surface area contributed by atoms with Gasteiger partial charge in [0.25, 0.3) is 0 Å². The number of hydrogen-bond donors (Lipinski definition) is 2. The zero-order valence-corrected chi connectivity index (χ0v) is 14.9. The van der Waals surface area contributed by atoms with Crippen LogP contribution in [0, 0.1) is 5.92 Å². The van der Waals surface area contributed by atoms with Gasteiger partial charge in [-0.2, -0.15) is 0 Å². The third-order valence-corrected chi connectivity index (χ3v) is 5.74. The van der Waals surface area contributed by atoms with Crippen molar-refractivity contribution in [1.29, 1.82) is 0 Å². The van der Waals surface area contributed by atoms with Crippen molar-refractivity contribution < 1.29 is 14.4 Å². The van der Waals surface area contributed by atoms with E-state index in [0.717, 1.165) is 31.4 Å². The topological polar surface area (TPSA) is 78.5 Å². The predicted molar refractivity (Wildman–Crippen MR) is 97.7 cm³/mol. The Morgan fingerprint density at radius 1 is 1.12 bits per heavy atom. The van der Waals surface area contributed by atoms with Crippen LogP contribution in [0.2, 0.25) is 0 Å². The highest BCUT2D eigenvalue weighted by Crippen LogP contribution is 2.30. The lowest BCUT2D eigenvalue weighted by atomic mass is 10.1. The molecule has 2 saturated heterocycles. The molecule has 6 nitrogen and oxygen atoms in total. The molecule has 2 unspecified atom stereocenters. The van der Waals surface area contributed by atoms with Crippen molar-refractivity contribution in [3.05, 3.63) is 29.3 Å². The maximum atomic E-state index is 12.6. The van der Waals surface area contributed by atoms with Crippen molar-refractivity contribution in [2.24, 2.45) is 5.92 Å². The van der Waals surface area contributed by atoms with E-state index in [0.29, 0.717) is 19.5 Å². The first-order valence-electron chi connectivity index (χ1n) is 9.62. The largest absolute Gasteiger partial charge is 0.354 e. The van der Waals surface area contributed by atoms with Crippen LogP contribution in [0.5, 0.6) is 0 Å². The molecule has 3 amide bonds. The minimum absolute atomic E-state index is 0.0200. The van der Waals surface area contributed by atoms with Crippen LogP contribution in [0.15, 0.2) is 18.2 Å². The Bertz CT molecular complexity index is 746. The molecule has 2 aliphatic heterocycles. The fourth-order valence-corrected chi connectivity index (χ4v) is 4.23. The molecule has 2 N–H and O–H groups in total. The van der Waals surface area contributed by atoms with Crippen LogP contribution in [-0.2, 0) is 27.2 Å². The average Bonchev–Trinajstić information content (AvgIpc) is 3.20. The highest BCUT2D eigenvalue weighted by molar-refractivity contribution is 6.01. The molecule has 0 bridgehead atoms. The summed E-state index contributed by atoms with van der Waals surface area (Å²) < 4.78 is 0. The van der Waals surface area contributed by atoms with E-state index in [1.54, 1.807) is 4.90 Å². The Morgan fingerprint density at radius 3 is 2.85 bits per heavy atom. The van der Waals surface area contributed by atoms with Gasteiger partial charge in [-0.1, -0.05) is 6.07 Å². The lowest BCUT2D eigenvalue weighted by Gasteiger charge is -2.19. The molecule has 3 aliphatic rings. The van der Waals surface area contributed by atoms with Crippen LogP contribution in [0.4, 0.5) is 5.69 Å². The van der Waals surface area contributed by atoms with E-state index in [1.807, 2.05) is 6.07 Å². The summed E-state index contributed by atoms with van der Waals surface area (Å²) in [4.78, 5) is 38.8. The summed E-state index contributed by atoms with van der Waals surface area (Å²) in [6.45, 7) is 1.05. The fraction of sp³-hybridized carbons (Fsp3) is 0.550. The maximum absolute atomic E-state index is 12.6. The minimum Gasteiger partial charge on any atom is -0.354 e. The maximum Gasteiger partial charge on any atom is 0.242 e. The number of amides is 3. The van der Waals surface area contributed by atoms with Crippen molar-refractivity contribution in [2.45, 2.75) is 51.0 Å². The van der Waals surface area contributed by atoms with E-state index >= 15 is 0 Å². The number of benzene rings is 1. The van der Waals surface area contributed by atoms with Crippen LogP contribution < -0.4 is 15.5 Å². The van der Waals surface area contributed by atoms with Gasteiger partial charge in [0.1, 0.15) is 6.04 Å². The number of anilines is 1. The number of rotatable bonds is 3. The molecule has 1 aliphatic carbocycles. The average molecular weight is 355 g/mol. The first-order chi connectivity index (χ1) is 12.6. The second-order valence-electron chi connectivity index (χ2n) is 7.56. The molecule has 138 valence electrons. The standard InChI is InChI=1S/C20H25N3O3/c24-18-11-15(19(25)22-17-6-1-2-9-21-20(17)26)12-23(18)16-8-7-13-4-3-5-14(13)10-16/h7-8,10,15,17H,1-6,9,11-12H2,(H,21,26)(H,22,25). The second kappa shape index (κ2) is 7.09. The van der Waals surface area contributed by atoms with Gasteiger partial charge in [-0.25, -0.2) is 0 Å².